The van der Waals surface area contributed by atoms with Crippen molar-refractivity contribution >= 4 is 34.2 Å². The third-order valence-corrected chi connectivity index (χ3v) is 7.40. The molecule has 0 aromatic carbocycles. The zero-order valence-electron chi connectivity index (χ0n) is 18.7. The number of H-pyrrole nitrogens is 1. The van der Waals surface area contributed by atoms with Crippen molar-refractivity contribution in [1.29, 1.82) is 0 Å². The molecular formula is C23H27ClN4O6. The summed E-state index contributed by atoms with van der Waals surface area (Å²) < 4.78 is 23.2. The number of aliphatic hydroxyl groups excluding tert-OH is 1. The summed E-state index contributed by atoms with van der Waals surface area (Å²) in [5.74, 6) is 0.612. The number of ether oxygens (including phenoxy) is 4. The van der Waals surface area contributed by atoms with E-state index in [1.54, 1.807) is 0 Å². The number of fused-ring (bicyclic) bond motifs is 4. The number of rotatable bonds is 7. The van der Waals surface area contributed by atoms with Crippen molar-refractivity contribution in [2.45, 2.75) is 50.3 Å². The lowest BCUT2D eigenvalue weighted by Gasteiger charge is -2.22. The molecule has 34 heavy (non-hydrogen) atoms. The van der Waals surface area contributed by atoms with E-state index in [1.165, 1.54) is 6.92 Å². The van der Waals surface area contributed by atoms with Gasteiger partial charge in [-0.05, 0) is 30.4 Å². The molecule has 3 fully saturated rings. The second kappa shape index (κ2) is 8.76. The maximum atomic E-state index is 11.0. The van der Waals surface area contributed by atoms with Crippen molar-refractivity contribution in [2.75, 3.05) is 26.4 Å². The van der Waals surface area contributed by atoms with Crippen LogP contribution in [0.15, 0.2) is 12.1 Å². The van der Waals surface area contributed by atoms with Gasteiger partial charge >= 0.3 is 0 Å². The largest absolute Gasteiger partial charge is 0.456 e. The van der Waals surface area contributed by atoms with Gasteiger partial charge in [-0.2, -0.15) is 4.98 Å². The van der Waals surface area contributed by atoms with Crippen LogP contribution in [0.1, 0.15) is 25.5 Å². The first-order valence-corrected chi connectivity index (χ1v) is 12.1. The number of nitrogens with one attached hydrogen (secondary N) is 2. The molecule has 5 unspecified atom stereocenters. The number of aromatic amines is 1. The summed E-state index contributed by atoms with van der Waals surface area (Å²) in [4.78, 5) is 23.4. The molecule has 4 aliphatic rings. The molecule has 2 aromatic heterocycles. The Balaban J connectivity index is 1.15. The van der Waals surface area contributed by atoms with Crippen LogP contribution in [0, 0.1) is 11.8 Å². The van der Waals surface area contributed by atoms with E-state index in [0.29, 0.717) is 53.8 Å². The van der Waals surface area contributed by atoms with Gasteiger partial charge in [-0.1, -0.05) is 17.7 Å². The van der Waals surface area contributed by atoms with Crippen LogP contribution in [0.5, 0.6) is 6.01 Å². The minimum absolute atomic E-state index is 0.0480. The first kappa shape index (κ1) is 22.2. The Kier molecular flexibility index (Phi) is 5.73. The predicted molar refractivity (Wildman–Crippen MR) is 121 cm³/mol. The van der Waals surface area contributed by atoms with Crippen LogP contribution in [0.25, 0.3) is 16.7 Å². The van der Waals surface area contributed by atoms with Gasteiger partial charge in [-0.3, -0.25) is 4.79 Å². The summed E-state index contributed by atoms with van der Waals surface area (Å²) in [5, 5.41) is 13.2. The molecule has 0 radical (unpaired) electrons. The van der Waals surface area contributed by atoms with E-state index >= 15 is 0 Å². The fourth-order valence-electron chi connectivity index (χ4n) is 5.57. The molecule has 2 bridgehead atoms. The number of amides is 1. The van der Waals surface area contributed by atoms with E-state index in [4.69, 9.17) is 35.5 Å². The Bertz CT molecular complexity index is 1140. The molecule has 6 rings (SSSR count). The lowest BCUT2D eigenvalue weighted by Crippen LogP contribution is -2.34. The third-order valence-electron chi connectivity index (χ3n) is 7.12. The van der Waals surface area contributed by atoms with E-state index in [1.807, 2.05) is 6.07 Å². The summed E-state index contributed by atoms with van der Waals surface area (Å²) in [6.07, 6.45) is 2.64. The number of aliphatic hydroxyl groups is 1. The Labute approximate surface area is 201 Å². The van der Waals surface area contributed by atoms with E-state index in [9.17, 15) is 9.90 Å². The van der Waals surface area contributed by atoms with Crippen molar-refractivity contribution in [3.63, 3.8) is 0 Å². The van der Waals surface area contributed by atoms with Crippen LogP contribution in [-0.2, 0) is 19.0 Å². The molecule has 0 spiro atoms. The van der Waals surface area contributed by atoms with Crippen LogP contribution in [0.2, 0.25) is 5.02 Å². The molecule has 1 amide bonds. The molecule has 2 aromatic rings. The zero-order valence-corrected chi connectivity index (χ0v) is 19.5. The highest BCUT2D eigenvalue weighted by atomic mass is 35.5. The highest BCUT2D eigenvalue weighted by Crippen LogP contribution is 2.50. The van der Waals surface area contributed by atoms with Gasteiger partial charge in [0.2, 0.25) is 5.91 Å². The summed E-state index contributed by atoms with van der Waals surface area (Å²) in [6.45, 7) is 3.10. The number of hydrogen-bond acceptors (Lipinski definition) is 8. The van der Waals surface area contributed by atoms with E-state index < -0.39 is 6.10 Å². The second-order valence-electron chi connectivity index (χ2n) is 9.40. The maximum Gasteiger partial charge on any atom is 0.296 e. The van der Waals surface area contributed by atoms with Gasteiger partial charge in [0.15, 0.2) is 11.8 Å². The van der Waals surface area contributed by atoms with Gasteiger partial charge in [0.05, 0.1) is 42.2 Å². The first-order chi connectivity index (χ1) is 16.5. The van der Waals surface area contributed by atoms with E-state index in [0.717, 1.165) is 24.1 Å². The molecule has 11 heteroatoms. The average molecular weight is 491 g/mol. The minimum atomic E-state index is -0.630. The standard InChI is InChI=1S/C23H27ClN4O6/c1-10(29)25-2-3-31-17-6-11-4-12(17)5-13(11)19-14(24)7-15-22(27-19)28-23(26-15)34-18-9-33-20-16(30)8-32-21(18)20/h5,7,11-12,16-18,20-21,30H,2-4,6,8-9H2,1H3,(H,25,29)(H,26,27,28)/t11?,12?,16?,17?,18?,20-,21-/m1/s1. The van der Waals surface area contributed by atoms with Crippen molar-refractivity contribution in [1.82, 2.24) is 20.3 Å². The van der Waals surface area contributed by atoms with Gasteiger partial charge in [-0.15, -0.1) is 0 Å². The Morgan fingerprint density at radius 3 is 2.91 bits per heavy atom. The Hall–Kier alpha value is -2.24. The third kappa shape index (κ3) is 3.97. The smallest absolute Gasteiger partial charge is 0.296 e. The first-order valence-electron chi connectivity index (χ1n) is 11.7. The molecule has 182 valence electrons. The normalized spacial score (nSPS) is 34.0. The van der Waals surface area contributed by atoms with Crippen molar-refractivity contribution in [3.8, 4) is 6.01 Å². The number of halogens is 1. The highest BCUT2D eigenvalue weighted by molar-refractivity contribution is 6.32. The molecule has 2 saturated heterocycles. The van der Waals surface area contributed by atoms with Crippen LogP contribution >= 0.6 is 11.6 Å². The molecule has 4 heterocycles. The van der Waals surface area contributed by atoms with Crippen LogP contribution in [0.3, 0.4) is 0 Å². The molecule has 7 atom stereocenters. The number of imidazole rings is 1. The summed E-state index contributed by atoms with van der Waals surface area (Å²) >= 11 is 6.63. The fourth-order valence-corrected chi connectivity index (χ4v) is 5.83. The Morgan fingerprint density at radius 1 is 1.26 bits per heavy atom. The van der Waals surface area contributed by atoms with Gasteiger partial charge in [0, 0.05) is 19.4 Å². The number of allylic oxidation sites excluding steroid dienone is 1. The van der Waals surface area contributed by atoms with E-state index in [2.05, 4.69) is 21.4 Å². The van der Waals surface area contributed by atoms with Crippen LogP contribution < -0.4 is 10.1 Å². The molecule has 1 saturated carbocycles. The minimum Gasteiger partial charge on any atom is -0.456 e. The van der Waals surface area contributed by atoms with E-state index in [-0.39, 0.29) is 36.9 Å². The number of carbonyl (C=O) groups is 1. The summed E-state index contributed by atoms with van der Waals surface area (Å²) in [7, 11) is 0. The van der Waals surface area contributed by atoms with Crippen molar-refractivity contribution < 1.29 is 28.8 Å². The lowest BCUT2D eigenvalue weighted by atomic mass is 9.94. The topological polar surface area (TPSA) is 128 Å². The van der Waals surface area contributed by atoms with Crippen molar-refractivity contribution in [3.05, 3.63) is 22.9 Å². The number of pyridine rings is 1. The zero-order chi connectivity index (χ0) is 23.4. The van der Waals surface area contributed by atoms with Gasteiger partial charge < -0.3 is 34.4 Å². The molecule has 10 nitrogen and oxygen atoms in total. The average Bonchev–Trinajstić information content (AvgIpc) is 3.60. The van der Waals surface area contributed by atoms with Gasteiger partial charge in [-0.25, -0.2) is 4.98 Å². The van der Waals surface area contributed by atoms with Gasteiger partial charge in [0.1, 0.15) is 18.3 Å². The summed E-state index contributed by atoms with van der Waals surface area (Å²) in [6, 6.07) is 2.15. The quantitative estimate of drug-likeness (QED) is 0.498. The summed E-state index contributed by atoms with van der Waals surface area (Å²) in [5.41, 5.74) is 3.12. The van der Waals surface area contributed by atoms with Crippen LogP contribution in [-0.4, -0.2) is 82.9 Å². The lowest BCUT2D eigenvalue weighted by molar-refractivity contribution is -0.119. The predicted octanol–water partition coefficient (Wildman–Crippen LogP) is 1.46. The fraction of sp³-hybridized carbons (Fsp3) is 0.609. The monoisotopic (exact) mass is 490 g/mol. The molecule has 2 aliphatic heterocycles. The number of carbonyl (C=O) groups excluding carboxylic acids is 1. The maximum absolute atomic E-state index is 11.0. The number of aromatic nitrogens is 3. The highest BCUT2D eigenvalue weighted by Gasteiger charge is 2.48. The molecule has 3 N–H and O–H groups in total. The SMILES string of the molecule is CC(=O)NCCOC1CC2CC1C=C2c1nc2nc(OC3CO[C@@H]4C(O)CO[C@H]34)[nH]c2cc1Cl. The number of hydrogen-bond donors (Lipinski definition) is 3. The molecule has 2 aliphatic carbocycles. The Morgan fingerprint density at radius 2 is 2.12 bits per heavy atom. The van der Waals surface area contributed by atoms with Gasteiger partial charge in [0.25, 0.3) is 6.01 Å². The second-order valence-corrected chi connectivity index (χ2v) is 9.81. The molecular weight excluding hydrogens is 464 g/mol. The van der Waals surface area contributed by atoms with Crippen LogP contribution in [0.4, 0.5) is 0 Å². The number of nitrogens with zero attached hydrogens (tertiary/aromatic N) is 2. The van der Waals surface area contributed by atoms with Crippen molar-refractivity contribution in [2.24, 2.45) is 11.8 Å².